The van der Waals surface area contributed by atoms with Gasteiger partial charge in [0.25, 0.3) is 0 Å². The lowest BCUT2D eigenvalue weighted by atomic mass is 10.0. The molecular formula is C26H30N8. The maximum atomic E-state index is 4.68. The Morgan fingerprint density at radius 2 is 1.88 bits per heavy atom. The highest BCUT2D eigenvalue weighted by Gasteiger charge is 2.19. The van der Waals surface area contributed by atoms with Crippen LogP contribution >= 0.6 is 0 Å². The van der Waals surface area contributed by atoms with Gasteiger partial charge < -0.3 is 15.5 Å². The monoisotopic (exact) mass is 454 g/mol. The van der Waals surface area contributed by atoms with Crippen LogP contribution in [0.5, 0.6) is 0 Å². The molecule has 4 aromatic rings. The molecule has 174 valence electrons. The van der Waals surface area contributed by atoms with Gasteiger partial charge in [0, 0.05) is 24.2 Å². The zero-order valence-corrected chi connectivity index (χ0v) is 19.7. The van der Waals surface area contributed by atoms with Gasteiger partial charge >= 0.3 is 0 Å². The van der Waals surface area contributed by atoms with Gasteiger partial charge in [-0.3, -0.25) is 14.8 Å². The van der Waals surface area contributed by atoms with Crippen LogP contribution < -0.4 is 10.6 Å². The smallest absolute Gasteiger partial charge is 0.116 e. The van der Waals surface area contributed by atoms with E-state index in [4.69, 9.17) is 0 Å². The summed E-state index contributed by atoms with van der Waals surface area (Å²) >= 11 is 0. The third kappa shape index (κ3) is 4.32. The lowest BCUT2D eigenvalue weighted by Gasteiger charge is -2.28. The average molecular weight is 455 g/mol. The van der Waals surface area contributed by atoms with Crippen molar-refractivity contribution in [3.8, 4) is 11.1 Å². The summed E-state index contributed by atoms with van der Waals surface area (Å²) in [6.45, 7) is 10.4. The summed E-state index contributed by atoms with van der Waals surface area (Å²) in [6.07, 6.45) is 8.15. The fraction of sp³-hybridized carbons (Fsp3) is 0.269. The Morgan fingerprint density at radius 1 is 1.06 bits per heavy atom. The number of rotatable bonds is 7. The van der Waals surface area contributed by atoms with E-state index in [1.165, 1.54) is 0 Å². The molecule has 0 unspecified atom stereocenters. The van der Waals surface area contributed by atoms with Crippen LogP contribution in [0.3, 0.4) is 0 Å². The number of hydrogen-bond acceptors (Lipinski definition) is 6. The number of piperidine rings is 1. The highest BCUT2D eigenvalue weighted by molar-refractivity contribution is 5.94. The van der Waals surface area contributed by atoms with Gasteiger partial charge in [0.1, 0.15) is 5.69 Å². The largest absolute Gasteiger partial charge is 0.387 e. The van der Waals surface area contributed by atoms with Gasteiger partial charge in [-0.25, -0.2) is 0 Å². The first-order valence-electron chi connectivity index (χ1n) is 11.5. The van der Waals surface area contributed by atoms with Crippen molar-refractivity contribution >= 4 is 28.0 Å². The summed E-state index contributed by atoms with van der Waals surface area (Å²) < 4.78 is 2.13. The SMILES string of the molecule is C=C(NC)c1ccc(NC(=C)c2n[nH]c3ccc(-c4cnn(C5CCN(C)CC5)c4)cc23)cn1. The molecule has 0 amide bonds. The number of likely N-dealkylation sites (tertiary alicyclic amines) is 1. The molecule has 3 N–H and O–H groups in total. The third-order valence-electron chi connectivity index (χ3n) is 6.52. The highest BCUT2D eigenvalue weighted by atomic mass is 15.3. The zero-order valence-electron chi connectivity index (χ0n) is 19.7. The van der Waals surface area contributed by atoms with Gasteiger partial charge in [-0.1, -0.05) is 19.2 Å². The van der Waals surface area contributed by atoms with E-state index in [-0.39, 0.29) is 0 Å². The molecule has 1 fully saturated rings. The predicted octanol–water partition coefficient (Wildman–Crippen LogP) is 4.36. The Hall–Kier alpha value is -3.91. The number of hydrogen-bond donors (Lipinski definition) is 3. The van der Waals surface area contributed by atoms with Crippen LogP contribution in [0.2, 0.25) is 0 Å². The number of nitrogens with one attached hydrogen (secondary N) is 3. The van der Waals surface area contributed by atoms with Crippen LogP contribution in [0.4, 0.5) is 5.69 Å². The van der Waals surface area contributed by atoms with E-state index in [9.17, 15) is 0 Å². The molecule has 1 aliphatic rings. The predicted molar refractivity (Wildman–Crippen MR) is 138 cm³/mol. The first-order valence-corrected chi connectivity index (χ1v) is 11.5. The van der Waals surface area contributed by atoms with Gasteiger partial charge in [0.15, 0.2) is 0 Å². The fourth-order valence-electron chi connectivity index (χ4n) is 4.38. The minimum absolute atomic E-state index is 0.465. The van der Waals surface area contributed by atoms with Crippen molar-refractivity contribution in [1.29, 1.82) is 0 Å². The van der Waals surface area contributed by atoms with Crippen LogP contribution in [0.1, 0.15) is 30.3 Å². The maximum Gasteiger partial charge on any atom is 0.116 e. The zero-order chi connectivity index (χ0) is 23.7. The standard InChI is InChI=1S/C26H30N8/c1-17(27-3)24-8-6-21(15-28-24)30-18(2)26-23-13-19(5-7-25(23)31-32-26)20-14-29-34(16-20)22-9-11-33(4)12-10-22/h5-8,13-16,22,27,30H,1-2,9-12H2,3-4H3,(H,31,32). The average Bonchev–Trinajstić information content (AvgIpc) is 3.52. The first-order chi connectivity index (χ1) is 16.5. The topological polar surface area (TPSA) is 86.7 Å². The minimum atomic E-state index is 0.465. The van der Waals surface area contributed by atoms with E-state index in [1.807, 2.05) is 25.4 Å². The number of H-pyrrole nitrogens is 1. The molecule has 0 spiro atoms. The summed E-state index contributed by atoms with van der Waals surface area (Å²) in [7, 11) is 4.01. The molecule has 0 atom stereocenters. The van der Waals surface area contributed by atoms with E-state index in [0.717, 1.165) is 70.7 Å². The second-order valence-corrected chi connectivity index (χ2v) is 8.84. The molecule has 5 rings (SSSR count). The fourth-order valence-corrected chi connectivity index (χ4v) is 4.38. The van der Waals surface area contributed by atoms with E-state index in [2.05, 4.69) is 85.1 Å². The number of aromatic nitrogens is 5. The van der Waals surface area contributed by atoms with Crippen molar-refractivity contribution in [3.63, 3.8) is 0 Å². The molecular weight excluding hydrogens is 424 g/mol. The Morgan fingerprint density at radius 3 is 2.62 bits per heavy atom. The Labute approximate surface area is 199 Å². The van der Waals surface area contributed by atoms with Crippen molar-refractivity contribution in [3.05, 3.63) is 73.5 Å². The normalized spacial score (nSPS) is 14.9. The van der Waals surface area contributed by atoms with Gasteiger partial charge in [-0.05, 0) is 62.8 Å². The summed E-state index contributed by atoms with van der Waals surface area (Å²) in [5.41, 5.74) is 7.07. The summed E-state index contributed by atoms with van der Waals surface area (Å²) in [4.78, 5) is 6.81. The van der Waals surface area contributed by atoms with Crippen molar-refractivity contribution in [1.82, 2.24) is 35.2 Å². The first kappa shape index (κ1) is 21.9. The molecule has 4 heterocycles. The molecule has 1 aliphatic heterocycles. The van der Waals surface area contributed by atoms with Crippen LogP contribution in [-0.4, -0.2) is 57.0 Å². The second-order valence-electron chi connectivity index (χ2n) is 8.84. The molecule has 8 heteroatoms. The van der Waals surface area contributed by atoms with Gasteiger partial charge in [0.2, 0.25) is 0 Å². The molecule has 8 nitrogen and oxygen atoms in total. The molecule has 0 aliphatic carbocycles. The summed E-state index contributed by atoms with van der Waals surface area (Å²) in [5, 5.41) is 19.6. The van der Waals surface area contributed by atoms with E-state index in [1.54, 1.807) is 6.20 Å². The second kappa shape index (κ2) is 9.15. The minimum Gasteiger partial charge on any atom is -0.387 e. The highest BCUT2D eigenvalue weighted by Crippen LogP contribution is 2.30. The lowest BCUT2D eigenvalue weighted by molar-refractivity contribution is 0.212. The van der Waals surface area contributed by atoms with Crippen LogP contribution in [0, 0.1) is 0 Å². The third-order valence-corrected chi connectivity index (χ3v) is 6.52. The van der Waals surface area contributed by atoms with Crippen LogP contribution in [0.25, 0.3) is 33.4 Å². The number of pyridine rings is 1. The molecule has 1 saturated heterocycles. The molecule has 1 aromatic carbocycles. The number of anilines is 1. The van der Waals surface area contributed by atoms with Crippen LogP contribution in [-0.2, 0) is 0 Å². The Kier molecular flexibility index (Phi) is 5.90. The van der Waals surface area contributed by atoms with Gasteiger partial charge in [-0.15, -0.1) is 0 Å². The lowest BCUT2D eigenvalue weighted by Crippen LogP contribution is -2.31. The van der Waals surface area contributed by atoms with Crippen molar-refractivity contribution in [2.75, 3.05) is 32.5 Å². The molecule has 34 heavy (non-hydrogen) atoms. The molecule has 0 radical (unpaired) electrons. The number of benzene rings is 1. The Balaban J connectivity index is 1.36. The number of fused-ring (bicyclic) bond motifs is 1. The van der Waals surface area contributed by atoms with Crippen molar-refractivity contribution in [2.45, 2.75) is 18.9 Å². The molecule has 3 aromatic heterocycles. The molecule has 0 saturated carbocycles. The summed E-state index contributed by atoms with van der Waals surface area (Å²) in [6, 6.07) is 10.6. The van der Waals surface area contributed by atoms with E-state index < -0.39 is 0 Å². The van der Waals surface area contributed by atoms with E-state index >= 15 is 0 Å². The Bertz CT molecular complexity index is 1320. The maximum absolute atomic E-state index is 4.68. The van der Waals surface area contributed by atoms with Crippen molar-refractivity contribution in [2.24, 2.45) is 0 Å². The summed E-state index contributed by atoms with van der Waals surface area (Å²) in [5.74, 6) is 0. The van der Waals surface area contributed by atoms with Gasteiger partial charge in [0.05, 0.1) is 46.7 Å². The number of nitrogens with zero attached hydrogens (tertiary/aromatic N) is 5. The number of aromatic amines is 1. The van der Waals surface area contributed by atoms with Crippen molar-refractivity contribution < 1.29 is 0 Å². The van der Waals surface area contributed by atoms with Gasteiger partial charge in [-0.2, -0.15) is 10.2 Å². The van der Waals surface area contributed by atoms with Crippen LogP contribution in [0.15, 0.2) is 62.1 Å². The van der Waals surface area contributed by atoms with E-state index in [0.29, 0.717) is 11.7 Å². The quantitative estimate of drug-likeness (QED) is 0.385. The molecule has 0 bridgehead atoms.